The predicted molar refractivity (Wildman–Crippen MR) is 178 cm³/mol. The summed E-state index contributed by atoms with van der Waals surface area (Å²) in [6.07, 6.45) is 15.2. The van der Waals surface area contributed by atoms with E-state index in [4.69, 9.17) is 15.0 Å². The van der Waals surface area contributed by atoms with Crippen molar-refractivity contribution < 1.29 is 23.9 Å². The Kier molecular flexibility index (Phi) is 13.9. The molecular formula is C33H58BN5O6. The Labute approximate surface area is 270 Å². The molecule has 11 nitrogen and oxygen atoms in total. The number of carbonyl (C=O) groups excluding carboxylic acids is 2. The lowest BCUT2D eigenvalue weighted by Gasteiger charge is -2.64. The number of nitrogens with one attached hydrogen (secondary N) is 2. The molecule has 6 atom stereocenters. The Balaban J connectivity index is 1.64. The number of amides is 1. The first-order chi connectivity index (χ1) is 21.3. The summed E-state index contributed by atoms with van der Waals surface area (Å²) >= 11 is 0. The lowest BCUT2D eigenvalue weighted by Crippen LogP contribution is -2.65. The standard InChI is InChI=1S/C33H58BN5O6/c1-7-8-9-10-11-12-13-14-17-26(40)20-24(16-15-18-36-31(35)38-39(42)43)30(41)37-29(19-23(2)3)34-44-28-22-25-21-27(32(25,4)5)33(28,6)45-34/h14,17,23-25,27-29H,7-13,15-16,18-22H2,1-6H3,(H,37,41)(H3,35,36,38)/b17-14+/t24-,25+,27+,28-,29+,33+/m1/s1. The Hall–Kier alpha value is -2.47. The summed E-state index contributed by atoms with van der Waals surface area (Å²) in [7, 11) is -0.548. The summed E-state index contributed by atoms with van der Waals surface area (Å²) < 4.78 is 13.3. The van der Waals surface area contributed by atoms with Gasteiger partial charge in [0.2, 0.25) is 5.91 Å². The maximum atomic E-state index is 13.8. The van der Waals surface area contributed by atoms with Crippen LogP contribution in [0, 0.1) is 39.2 Å². The number of hydrazine groups is 1. The average molecular weight is 632 g/mol. The number of hydrogen-bond acceptors (Lipinski definition) is 7. The van der Waals surface area contributed by atoms with Gasteiger partial charge >= 0.3 is 7.12 Å². The van der Waals surface area contributed by atoms with E-state index >= 15 is 0 Å². The van der Waals surface area contributed by atoms with Crippen LogP contribution in [0.5, 0.6) is 0 Å². The van der Waals surface area contributed by atoms with Crippen molar-refractivity contribution >= 4 is 24.8 Å². The second kappa shape index (κ2) is 16.9. The number of allylic oxidation sites excluding steroid dienone is 2. The fraction of sp³-hybridized carbons (Fsp3) is 0.848. The summed E-state index contributed by atoms with van der Waals surface area (Å²) in [6.45, 7) is 13.4. The maximum absolute atomic E-state index is 13.8. The van der Waals surface area contributed by atoms with Gasteiger partial charge in [-0.1, -0.05) is 78.2 Å². The van der Waals surface area contributed by atoms with Crippen molar-refractivity contribution in [1.29, 1.82) is 0 Å². The van der Waals surface area contributed by atoms with E-state index < -0.39 is 18.1 Å². The van der Waals surface area contributed by atoms with Crippen molar-refractivity contribution in [2.75, 3.05) is 6.54 Å². The van der Waals surface area contributed by atoms with Crippen LogP contribution < -0.4 is 16.5 Å². The first-order valence-electron chi connectivity index (χ1n) is 17.3. The summed E-state index contributed by atoms with van der Waals surface area (Å²) in [6, 6.07) is 0. The molecule has 0 aromatic heterocycles. The van der Waals surface area contributed by atoms with E-state index in [1.807, 2.05) is 11.5 Å². The minimum Gasteiger partial charge on any atom is -0.404 e. The number of unbranched alkanes of at least 4 members (excludes halogenated alkanes) is 6. The Morgan fingerprint density at radius 3 is 2.51 bits per heavy atom. The zero-order valence-electron chi connectivity index (χ0n) is 28.5. The third kappa shape index (κ3) is 10.3. The summed E-state index contributed by atoms with van der Waals surface area (Å²) in [5, 5.41) is 13.1. The quantitative estimate of drug-likeness (QED) is 0.0300. The zero-order valence-corrected chi connectivity index (χ0v) is 28.5. The number of nitrogens with two attached hydrogens (primary N) is 1. The van der Waals surface area contributed by atoms with Crippen LogP contribution in [0.1, 0.15) is 125 Å². The molecule has 3 saturated carbocycles. The van der Waals surface area contributed by atoms with Crippen LogP contribution in [0.2, 0.25) is 0 Å². The molecule has 1 amide bonds. The molecule has 4 fully saturated rings. The average Bonchev–Trinajstić information content (AvgIpc) is 3.32. The third-order valence-electron chi connectivity index (χ3n) is 10.4. The van der Waals surface area contributed by atoms with E-state index in [2.05, 4.69) is 51.9 Å². The summed E-state index contributed by atoms with van der Waals surface area (Å²) in [5.41, 5.74) is 7.21. The molecule has 0 radical (unpaired) electrons. The van der Waals surface area contributed by atoms with Gasteiger partial charge < -0.3 is 20.4 Å². The van der Waals surface area contributed by atoms with Crippen LogP contribution in [-0.2, 0) is 18.9 Å². The number of ketones is 1. The molecule has 2 bridgehead atoms. The molecule has 1 saturated heterocycles. The molecular weight excluding hydrogens is 573 g/mol. The molecule has 4 aliphatic rings. The molecule has 12 heteroatoms. The number of aliphatic imine (C=N–C) groups is 1. The molecule has 3 aliphatic carbocycles. The summed E-state index contributed by atoms with van der Waals surface area (Å²) in [5.74, 6) is -0.194. The van der Waals surface area contributed by atoms with Crippen LogP contribution in [0.25, 0.3) is 0 Å². The van der Waals surface area contributed by atoms with Crippen molar-refractivity contribution in [3.8, 4) is 0 Å². The van der Waals surface area contributed by atoms with Gasteiger partial charge in [-0.05, 0) is 81.1 Å². The number of carbonyl (C=O) groups is 2. The normalized spacial score (nSPS) is 26.8. The topological polar surface area (TPSA) is 158 Å². The lowest BCUT2D eigenvalue weighted by atomic mass is 9.43. The smallest absolute Gasteiger partial charge is 0.404 e. The first kappa shape index (κ1) is 37.0. The molecule has 1 aliphatic heterocycles. The van der Waals surface area contributed by atoms with Gasteiger partial charge in [0.15, 0.2) is 10.8 Å². The van der Waals surface area contributed by atoms with E-state index in [-0.39, 0.29) is 53.7 Å². The van der Waals surface area contributed by atoms with Gasteiger partial charge in [0.25, 0.3) is 5.96 Å². The lowest BCUT2D eigenvalue weighted by molar-refractivity contribution is -0.525. The zero-order chi connectivity index (χ0) is 33.2. The van der Waals surface area contributed by atoms with E-state index in [1.54, 1.807) is 6.08 Å². The second-order valence-corrected chi connectivity index (χ2v) is 14.7. The number of nitrogens with zero attached hydrogens (tertiary/aromatic N) is 2. The molecule has 0 aromatic rings. The van der Waals surface area contributed by atoms with Gasteiger partial charge in [-0.25, -0.2) is 15.1 Å². The highest BCUT2D eigenvalue weighted by molar-refractivity contribution is 6.47. The molecule has 0 unspecified atom stereocenters. The molecule has 4 rings (SSSR count). The largest absolute Gasteiger partial charge is 0.481 e. The van der Waals surface area contributed by atoms with Crippen molar-refractivity contribution in [2.45, 2.75) is 143 Å². The van der Waals surface area contributed by atoms with Gasteiger partial charge in [0.05, 0.1) is 17.6 Å². The molecule has 4 N–H and O–H groups in total. The minimum absolute atomic E-state index is 0.0103. The van der Waals surface area contributed by atoms with E-state index in [1.165, 1.54) is 25.7 Å². The van der Waals surface area contributed by atoms with Crippen LogP contribution in [-0.4, -0.2) is 54.0 Å². The Morgan fingerprint density at radius 1 is 1.13 bits per heavy atom. The van der Waals surface area contributed by atoms with Crippen LogP contribution >= 0.6 is 0 Å². The molecule has 0 aromatic carbocycles. The van der Waals surface area contributed by atoms with Gasteiger partial charge in [0.1, 0.15) is 0 Å². The van der Waals surface area contributed by atoms with Gasteiger partial charge in [-0.15, -0.1) is 0 Å². The van der Waals surface area contributed by atoms with Crippen molar-refractivity contribution in [2.24, 2.45) is 39.8 Å². The number of hydrogen-bond donors (Lipinski definition) is 3. The molecule has 45 heavy (non-hydrogen) atoms. The molecule has 0 spiro atoms. The third-order valence-corrected chi connectivity index (χ3v) is 10.4. The van der Waals surface area contributed by atoms with Gasteiger partial charge in [-0.2, -0.15) is 0 Å². The van der Waals surface area contributed by atoms with Crippen LogP contribution in [0.15, 0.2) is 17.1 Å². The van der Waals surface area contributed by atoms with E-state index in [0.29, 0.717) is 37.0 Å². The minimum atomic E-state index is -0.770. The number of nitro groups is 1. The predicted octanol–water partition coefficient (Wildman–Crippen LogP) is 5.54. The highest BCUT2D eigenvalue weighted by Gasteiger charge is 2.68. The van der Waals surface area contributed by atoms with E-state index in [9.17, 15) is 19.7 Å². The van der Waals surface area contributed by atoms with E-state index in [0.717, 1.165) is 32.1 Å². The van der Waals surface area contributed by atoms with Crippen molar-refractivity contribution in [3.05, 3.63) is 22.3 Å². The van der Waals surface area contributed by atoms with Gasteiger partial charge in [0, 0.05) is 18.9 Å². The number of guanidine groups is 1. The Bertz CT molecular complexity index is 1070. The first-order valence-corrected chi connectivity index (χ1v) is 17.3. The van der Waals surface area contributed by atoms with Crippen LogP contribution in [0.3, 0.4) is 0 Å². The highest BCUT2D eigenvalue weighted by atomic mass is 16.7. The molecule has 254 valence electrons. The number of rotatable bonds is 20. The van der Waals surface area contributed by atoms with Gasteiger partial charge in [-0.3, -0.25) is 9.59 Å². The van der Waals surface area contributed by atoms with Crippen LogP contribution in [0.4, 0.5) is 0 Å². The Morgan fingerprint density at radius 2 is 1.84 bits per heavy atom. The monoisotopic (exact) mass is 631 g/mol. The fourth-order valence-electron chi connectivity index (χ4n) is 7.68. The van der Waals surface area contributed by atoms with Crippen molar-refractivity contribution in [1.82, 2.24) is 10.7 Å². The SMILES string of the molecule is CCCCCCCC/C=C/C(=O)C[C@@H](CCCN=C(N)N[N+](=O)[O-])C(=O)N[C@@H](CC(C)C)B1O[C@@H]2C[C@@H]3C[C@@H](C3(C)C)[C@]2(C)O1. The van der Waals surface area contributed by atoms with Crippen molar-refractivity contribution in [3.63, 3.8) is 0 Å². The maximum Gasteiger partial charge on any atom is 0.481 e. The summed E-state index contributed by atoms with van der Waals surface area (Å²) in [4.78, 5) is 41.4. The second-order valence-electron chi connectivity index (χ2n) is 14.7. The molecule has 1 heterocycles. The highest BCUT2D eigenvalue weighted by Crippen LogP contribution is 2.65. The fourth-order valence-corrected chi connectivity index (χ4v) is 7.68.